The Morgan fingerprint density at radius 1 is 0.421 bits per heavy atom. The lowest BCUT2D eigenvalue weighted by molar-refractivity contribution is 0.227. The Bertz CT molecular complexity index is 3190. The molecule has 2 N–H and O–H groups in total. The highest BCUT2D eigenvalue weighted by molar-refractivity contribution is 8.01. The minimum absolute atomic E-state index is 0.613. The Balaban J connectivity index is 1.04. The van der Waals surface area contributed by atoms with Crippen molar-refractivity contribution in [3.63, 3.8) is 0 Å². The van der Waals surface area contributed by atoms with Crippen molar-refractivity contribution < 1.29 is 9.47 Å². The summed E-state index contributed by atoms with van der Waals surface area (Å²) < 4.78 is 12.8. The Kier molecular flexibility index (Phi) is 16.6. The summed E-state index contributed by atoms with van der Waals surface area (Å²) in [4.78, 5) is 42.8. The van der Waals surface area contributed by atoms with Gasteiger partial charge in [0.15, 0.2) is 23.3 Å². The number of ether oxygens (including phenoxy) is 2. The summed E-state index contributed by atoms with van der Waals surface area (Å²) in [6.45, 7) is 15.0. The number of hydrogen-bond acceptors (Lipinski definition) is 10. The Labute approximate surface area is 459 Å². The number of rotatable bonds is 24. The second kappa shape index (κ2) is 24.1. The highest BCUT2D eigenvalue weighted by atomic mass is 32.2. The number of aryl methyl sites for hydroxylation is 2. The van der Waals surface area contributed by atoms with Gasteiger partial charge in [0.05, 0.1) is 23.0 Å². The lowest BCUT2D eigenvalue weighted by Crippen LogP contribution is -2.16. The van der Waals surface area contributed by atoms with Crippen LogP contribution < -0.4 is 9.47 Å². The number of hydrogen-bond donors (Lipinski definition) is 2. The number of thioether (sulfide) groups is 2. The van der Waals surface area contributed by atoms with Crippen molar-refractivity contribution in [2.24, 2.45) is 35.5 Å². The molecule has 6 aliphatic rings. The van der Waals surface area contributed by atoms with E-state index in [-0.39, 0.29) is 0 Å². The zero-order chi connectivity index (χ0) is 52.1. The van der Waals surface area contributed by atoms with Crippen LogP contribution in [-0.2, 0) is 24.3 Å². The first-order valence-electron chi connectivity index (χ1n) is 29.1. The number of allylic oxidation sites excluding steroid dienone is 8. The lowest BCUT2D eigenvalue weighted by Gasteiger charge is -2.18. The van der Waals surface area contributed by atoms with Crippen molar-refractivity contribution in [2.75, 3.05) is 13.2 Å². The van der Waals surface area contributed by atoms with Crippen molar-refractivity contribution in [1.29, 1.82) is 0 Å². The minimum atomic E-state index is 0.613. The predicted octanol–water partition coefficient (Wildman–Crippen LogP) is 16.6. The van der Waals surface area contributed by atoms with E-state index >= 15 is 0 Å². The van der Waals surface area contributed by atoms with Crippen LogP contribution in [-0.4, -0.2) is 53.1 Å². The van der Waals surface area contributed by atoms with Crippen molar-refractivity contribution in [3.05, 3.63) is 118 Å². The van der Waals surface area contributed by atoms with Crippen molar-refractivity contribution >= 4 is 68.4 Å². The van der Waals surface area contributed by atoms with E-state index in [1.165, 1.54) is 70.2 Å². The normalized spacial score (nSPS) is 21.3. The number of benzene rings is 2. The third-order valence-electron chi connectivity index (χ3n) is 16.5. The molecule has 5 aromatic rings. The number of nitrogens with zero attached hydrogens (tertiary/aromatic N) is 6. The first-order valence-corrected chi connectivity index (χ1v) is 31.1. The first kappa shape index (κ1) is 52.6. The standard InChI is InChI=1S/C64H78N8O2S2/c1-7-13-49-50(14-8-2)58-65-57(49)66-59-51(15-9-3)53(17-11-5)61(68-59)70-63-55(75-37-39-21-27-47(28-22-39)73-35-45-33-41-19-25-43(45)31-41)56(64(72-63)71-62-54(18-12-6)52(16-10-4)60(67-58)69-62)76-38-40-23-29-48(30-24-40)74-36-46-34-42-20-26-44(46)32-42/h19-30,41-46H,7-18,31-38H2,1-6H3,(H2,65,66,67,68,69,70,71,72). The van der Waals surface area contributed by atoms with E-state index in [0.717, 1.165) is 181 Å². The van der Waals surface area contributed by atoms with Crippen LogP contribution in [0.4, 0.5) is 0 Å². The topological polar surface area (TPSA) is 127 Å². The van der Waals surface area contributed by atoms with Gasteiger partial charge in [0.1, 0.15) is 34.1 Å². The van der Waals surface area contributed by atoms with Crippen LogP contribution in [0.2, 0.25) is 0 Å². The van der Waals surface area contributed by atoms with E-state index in [9.17, 15) is 0 Å². The van der Waals surface area contributed by atoms with E-state index in [0.29, 0.717) is 23.7 Å². The van der Waals surface area contributed by atoms with Gasteiger partial charge in [-0.25, -0.2) is 29.9 Å². The molecule has 0 amide bonds. The van der Waals surface area contributed by atoms with Gasteiger partial charge in [-0.1, -0.05) is 129 Å². The molecule has 0 saturated heterocycles. The maximum atomic E-state index is 6.42. The molecular weight excluding hydrogens is 977 g/mol. The molecule has 5 heterocycles. The molecule has 2 aromatic carbocycles. The predicted molar refractivity (Wildman–Crippen MR) is 314 cm³/mol. The fourth-order valence-electron chi connectivity index (χ4n) is 12.8. The molecule has 76 heavy (non-hydrogen) atoms. The van der Waals surface area contributed by atoms with E-state index in [4.69, 9.17) is 39.4 Å². The van der Waals surface area contributed by atoms with Crippen molar-refractivity contribution in [2.45, 2.75) is 166 Å². The molecule has 3 aromatic heterocycles. The van der Waals surface area contributed by atoms with Gasteiger partial charge >= 0.3 is 0 Å². The summed E-state index contributed by atoms with van der Waals surface area (Å²) in [5.74, 6) is 10.4. The molecule has 0 spiro atoms. The van der Waals surface area contributed by atoms with Crippen LogP contribution in [0.3, 0.4) is 0 Å². The zero-order valence-electron chi connectivity index (χ0n) is 45.9. The molecule has 4 aliphatic carbocycles. The molecule has 6 unspecified atom stereocenters. The van der Waals surface area contributed by atoms with Crippen molar-refractivity contribution in [1.82, 2.24) is 39.9 Å². The van der Waals surface area contributed by atoms with E-state index in [1.807, 2.05) is 23.5 Å². The number of aromatic nitrogens is 8. The summed E-state index contributed by atoms with van der Waals surface area (Å²) in [7, 11) is 0. The lowest BCUT2D eigenvalue weighted by atomic mass is 9.95. The second-order valence-electron chi connectivity index (χ2n) is 22.2. The van der Waals surface area contributed by atoms with Crippen molar-refractivity contribution in [3.8, 4) is 11.5 Å². The molecule has 2 aliphatic heterocycles. The maximum absolute atomic E-state index is 6.42. The van der Waals surface area contributed by atoms with Crippen LogP contribution in [0.25, 0.3) is 44.9 Å². The minimum Gasteiger partial charge on any atom is -0.493 e. The van der Waals surface area contributed by atoms with Crippen LogP contribution >= 0.6 is 23.5 Å². The van der Waals surface area contributed by atoms with Gasteiger partial charge in [-0.15, -0.1) is 23.5 Å². The molecule has 0 radical (unpaired) electrons. The molecule has 6 atom stereocenters. The van der Waals surface area contributed by atoms with Gasteiger partial charge in [-0.2, -0.15) is 0 Å². The largest absolute Gasteiger partial charge is 0.493 e. The van der Waals surface area contributed by atoms with Gasteiger partial charge in [-0.05, 0) is 135 Å². The van der Waals surface area contributed by atoms with Crippen LogP contribution in [0.5, 0.6) is 11.5 Å². The molecule has 398 valence electrons. The summed E-state index contributed by atoms with van der Waals surface area (Å²) in [6.07, 6.45) is 25.8. The maximum Gasteiger partial charge on any atom is 0.160 e. The molecule has 2 saturated carbocycles. The van der Waals surface area contributed by atoms with E-state index in [2.05, 4.69) is 124 Å². The monoisotopic (exact) mass is 1050 g/mol. The third-order valence-corrected chi connectivity index (χ3v) is 19.0. The SMILES string of the molecule is CCCC1=C(CCC)c2nc1nc1nc(nc3[nH]c(nc4[nH]c(n2)c(CCC)c4CCC)c(SCc2ccc(OCC4CC5C=CC4C5)cc2)c3SCc2ccc(OCC3CC4C=CC3C4)cc2)C(CCC)=C1CCC. The fraction of sp³-hybridized carbons (Fsp3) is 0.500. The molecule has 10 nitrogen and oxygen atoms in total. The number of aromatic amines is 2. The Hall–Kier alpha value is -5.46. The highest BCUT2D eigenvalue weighted by Gasteiger charge is 2.37. The summed E-state index contributed by atoms with van der Waals surface area (Å²) in [6, 6.07) is 17.5. The average Bonchev–Trinajstić information content (AvgIpc) is 4.34. The third kappa shape index (κ3) is 11.3. The quantitative estimate of drug-likeness (QED) is 0.0455. The van der Waals surface area contributed by atoms with E-state index in [1.54, 1.807) is 0 Å². The van der Waals surface area contributed by atoms with Crippen LogP contribution in [0.1, 0.15) is 177 Å². The van der Waals surface area contributed by atoms with Gasteiger partial charge in [-0.3, -0.25) is 0 Å². The number of nitrogens with one attached hydrogen (secondary N) is 2. The van der Waals surface area contributed by atoms with Gasteiger partial charge in [0, 0.05) is 44.9 Å². The Morgan fingerprint density at radius 3 is 1.17 bits per heavy atom. The number of H-pyrrole nitrogens is 2. The smallest absolute Gasteiger partial charge is 0.160 e. The van der Waals surface area contributed by atoms with Gasteiger partial charge in [0.25, 0.3) is 0 Å². The summed E-state index contributed by atoms with van der Waals surface area (Å²) >= 11 is 3.63. The average molecular weight is 1060 g/mol. The highest BCUT2D eigenvalue weighted by Crippen LogP contribution is 2.46. The van der Waals surface area contributed by atoms with Gasteiger partial charge < -0.3 is 19.4 Å². The zero-order valence-corrected chi connectivity index (χ0v) is 47.5. The molecule has 12 bridgehead atoms. The first-order chi connectivity index (χ1) is 37.3. The van der Waals surface area contributed by atoms with Crippen LogP contribution in [0.15, 0.2) is 82.6 Å². The Morgan fingerprint density at radius 2 is 0.789 bits per heavy atom. The summed E-state index contributed by atoms with van der Waals surface area (Å²) in [5.41, 5.74) is 12.9. The molecular formula is C64H78N8O2S2. The van der Waals surface area contributed by atoms with Gasteiger partial charge in [0.2, 0.25) is 0 Å². The van der Waals surface area contributed by atoms with E-state index < -0.39 is 0 Å². The number of fused-ring (bicyclic) bond motifs is 12. The second-order valence-corrected chi connectivity index (χ2v) is 24.2. The molecule has 11 rings (SSSR count). The summed E-state index contributed by atoms with van der Waals surface area (Å²) in [5, 5.41) is 0. The van der Waals surface area contributed by atoms with Crippen LogP contribution in [0, 0.1) is 35.5 Å². The molecule has 2 fully saturated rings. The molecule has 12 heteroatoms. The fourth-order valence-corrected chi connectivity index (χ4v) is 15.0.